The van der Waals surface area contributed by atoms with Gasteiger partial charge in [0.1, 0.15) is 0 Å². The molecule has 0 saturated carbocycles. The molecule has 0 saturated heterocycles. The van der Waals surface area contributed by atoms with Crippen LogP contribution in [-0.2, 0) is 0 Å². The van der Waals surface area contributed by atoms with E-state index in [0.29, 0.717) is 6.04 Å². The summed E-state index contributed by atoms with van der Waals surface area (Å²) in [6.07, 6.45) is 2.53. The summed E-state index contributed by atoms with van der Waals surface area (Å²) in [5, 5.41) is 3.30. The molecule has 0 aliphatic rings. The lowest BCUT2D eigenvalue weighted by Gasteiger charge is -2.15. The molecule has 0 aliphatic heterocycles. The van der Waals surface area contributed by atoms with Crippen LogP contribution in [0.5, 0.6) is 0 Å². The lowest BCUT2D eigenvalue weighted by atomic mass is 10.0. The molecule has 64 valence electrons. The Balaban J connectivity index is 3.37. The lowest BCUT2D eigenvalue weighted by molar-refractivity contribution is 0.482. The average Bonchev–Trinajstić information content (AvgIpc) is 1.82. The molecule has 0 heterocycles. The summed E-state index contributed by atoms with van der Waals surface area (Å²) in [4.78, 5) is 0. The molecule has 1 atom stereocenters. The maximum atomic E-state index is 3.81. The van der Waals surface area contributed by atoms with Gasteiger partial charge in [0.05, 0.1) is 0 Å². The van der Waals surface area contributed by atoms with Crippen LogP contribution in [0.4, 0.5) is 0 Å². The first kappa shape index (κ1) is 10.6. The fraction of sp³-hybridized carbons (Fsp3) is 0.778. The van der Waals surface area contributed by atoms with E-state index >= 15 is 0 Å². The van der Waals surface area contributed by atoms with Crippen molar-refractivity contribution >= 4 is 7.85 Å². The summed E-state index contributed by atoms with van der Waals surface area (Å²) in [6, 6.07) is 0.579. The summed E-state index contributed by atoms with van der Waals surface area (Å²) < 4.78 is 0. The summed E-state index contributed by atoms with van der Waals surface area (Å²) >= 11 is 0. The minimum absolute atomic E-state index is 0.579. The van der Waals surface area contributed by atoms with E-state index < -0.39 is 0 Å². The van der Waals surface area contributed by atoms with Crippen LogP contribution in [0.3, 0.4) is 0 Å². The smallest absolute Gasteiger partial charge is 0.159 e. The van der Waals surface area contributed by atoms with Gasteiger partial charge in [-0.05, 0) is 31.3 Å². The Morgan fingerprint density at radius 3 is 2.27 bits per heavy atom. The van der Waals surface area contributed by atoms with Crippen LogP contribution in [0.1, 0.15) is 33.6 Å². The number of nitrogens with one attached hydrogen (secondary N) is 1. The van der Waals surface area contributed by atoms with Crippen molar-refractivity contribution in [3.8, 4) is 0 Å². The first-order valence-electron chi connectivity index (χ1n) is 4.44. The van der Waals surface area contributed by atoms with Crippen LogP contribution in [-0.4, -0.2) is 13.9 Å². The quantitative estimate of drug-likeness (QED) is 0.590. The van der Waals surface area contributed by atoms with Gasteiger partial charge < -0.3 is 5.32 Å². The Morgan fingerprint density at radius 2 is 1.91 bits per heavy atom. The van der Waals surface area contributed by atoms with E-state index in [2.05, 4.69) is 32.7 Å². The highest BCUT2D eigenvalue weighted by Gasteiger charge is 2.01. The van der Waals surface area contributed by atoms with Crippen LogP contribution in [0, 0.1) is 5.92 Å². The van der Waals surface area contributed by atoms with Crippen LogP contribution in [0.2, 0.25) is 0 Å². The van der Waals surface area contributed by atoms with Crippen molar-refractivity contribution in [2.24, 2.45) is 5.92 Å². The maximum absolute atomic E-state index is 3.81. The molecule has 0 aromatic rings. The Bertz CT molecular complexity index is 121. The fourth-order valence-electron chi connectivity index (χ4n) is 1.08. The monoisotopic (exact) mass is 153 g/mol. The van der Waals surface area contributed by atoms with E-state index in [9.17, 15) is 0 Å². The standard InChI is InChI=1S/C9H20BN/c1-7(2)5-6-8(3)11-9(4)10/h7-8,11H,4-6,10H2,1-3H3. The molecule has 0 aliphatic carbocycles. The van der Waals surface area contributed by atoms with Crippen LogP contribution < -0.4 is 5.32 Å². The molecule has 2 heteroatoms. The third kappa shape index (κ3) is 7.50. The molecule has 1 N–H and O–H groups in total. The van der Waals surface area contributed by atoms with Gasteiger partial charge in [-0.25, -0.2) is 0 Å². The van der Waals surface area contributed by atoms with Crippen molar-refractivity contribution in [3.05, 3.63) is 12.2 Å². The lowest BCUT2D eigenvalue weighted by Crippen LogP contribution is -2.25. The summed E-state index contributed by atoms with van der Waals surface area (Å²) in [7, 11) is 2.01. The molecule has 1 unspecified atom stereocenters. The second-order valence-corrected chi connectivity index (χ2v) is 3.80. The molecular formula is C9H20BN. The van der Waals surface area contributed by atoms with Gasteiger partial charge in [-0.15, -0.1) is 0 Å². The van der Waals surface area contributed by atoms with Gasteiger partial charge in [0, 0.05) is 6.04 Å². The average molecular weight is 153 g/mol. The molecule has 0 radical (unpaired) electrons. The topological polar surface area (TPSA) is 12.0 Å². The highest BCUT2D eigenvalue weighted by Crippen LogP contribution is 2.06. The first-order chi connectivity index (χ1) is 5.02. The fourth-order valence-corrected chi connectivity index (χ4v) is 1.08. The van der Waals surface area contributed by atoms with E-state index in [1.807, 2.05) is 7.85 Å². The Kier molecular flexibility index (Phi) is 5.09. The maximum Gasteiger partial charge on any atom is 0.159 e. The minimum Gasteiger partial charge on any atom is -0.395 e. The zero-order valence-electron chi connectivity index (χ0n) is 8.28. The van der Waals surface area contributed by atoms with Crippen LogP contribution in [0.15, 0.2) is 12.2 Å². The van der Waals surface area contributed by atoms with Crippen molar-refractivity contribution in [1.29, 1.82) is 0 Å². The molecule has 0 spiro atoms. The normalized spacial score (nSPS) is 13.1. The van der Waals surface area contributed by atoms with Crippen molar-refractivity contribution < 1.29 is 0 Å². The Morgan fingerprint density at radius 1 is 1.36 bits per heavy atom. The third-order valence-electron chi connectivity index (χ3n) is 1.67. The Hall–Kier alpha value is -0.395. The Labute approximate surface area is 71.7 Å². The molecule has 0 rings (SSSR count). The highest BCUT2D eigenvalue weighted by atomic mass is 14.9. The van der Waals surface area contributed by atoms with E-state index in [4.69, 9.17) is 0 Å². The van der Waals surface area contributed by atoms with Gasteiger partial charge in [0.25, 0.3) is 0 Å². The minimum atomic E-state index is 0.579. The predicted octanol–water partition coefficient (Wildman–Crippen LogP) is 1.50. The van der Waals surface area contributed by atoms with Gasteiger partial charge in [-0.1, -0.05) is 20.4 Å². The van der Waals surface area contributed by atoms with E-state index in [-0.39, 0.29) is 0 Å². The van der Waals surface area contributed by atoms with Gasteiger partial charge in [0.2, 0.25) is 0 Å². The van der Waals surface area contributed by atoms with E-state index in [0.717, 1.165) is 11.5 Å². The summed E-state index contributed by atoms with van der Waals surface area (Å²) in [5.41, 5.74) is 1.07. The molecule has 0 bridgehead atoms. The van der Waals surface area contributed by atoms with Crippen molar-refractivity contribution in [1.82, 2.24) is 5.32 Å². The number of rotatable bonds is 5. The van der Waals surface area contributed by atoms with Gasteiger partial charge in [-0.2, -0.15) is 0 Å². The molecule has 0 fully saturated rings. The van der Waals surface area contributed by atoms with Gasteiger partial charge in [0.15, 0.2) is 7.85 Å². The number of hydrogen-bond acceptors (Lipinski definition) is 1. The predicted molar refractivity (Wildman–Crippen MR) is 54.4 cm³/mol. The highest BCUT2D eigenvalue weighted by molar-refractivity contribution is 6.20. The largest absolute Gasteiger partial charge is 0.395 e. The summed E-state index contributed by atoms with van der Waals surface area (Å²) in [6.45, 7) is 10.5. The van der Waals surface area contributed by atoms with Crippen molar-refractivity contribution in [3.63, 3.8) is 0 Å². The van der Waals surface area contributed by atoms with Crippen molar-refractivity contribution in [2.75, 3.05) is 0 Å². The van der Waals surface area contributed by atoms with E-state index in [1.165, 1.54) is 12.8 Å². The molecule has 1 nitrogen and oxygen atoms in total. The SMILES string of the molecule is BC(=C)NC(C)CCC(C)C. The van der Waals surface area contributed by atoms with Crippen LogP contribution >= 0.6 is 0 Å². The van der Waals surface area contributed by atoms with Gasteiger partial charge in [-0.3, -0.25) is 0 Å². The zero-order valence-corrected chi connectivity index (χ0v) is 8.28. The number of hydrogen-bond donors (Lipinski definition) is 1. The van der Waals surface area contributed by atoms with Crippen molar-refractivity contribution in [2.45, 2.75) is 39.7 Å². The third-order valence-corrected chi connectivity index (χ3v) is 1.67. The zero-order chi connectivity index (χ0) is 8.85. The molecular weight excluding hydrogens is 133 g/mol. The second-order valence-electron chi connectivity index (χ2n) is 3.80. The second kappa shape index (κ2) is 5.28. The summed E-state index contributed by atoms with van der Waals surface area (Å²) in [5.74, 6) is 0.810. The van der Waals surface area contributed by atoms with Crippen LogP contribution in [0.25, 0.3) is 0 Å². The first-order valence-corrected chi connectivity index (χ1v) is 4.44. The molecule has 11 heavy (non-hydrogen) atoms. The molecule has 0 aromatic carbocycles. The molecule has 0 aromatic heterocycles. The van der Waals surface area contributed by atoms with E-state index in [1.54, 1.807) is 0 Å². The molecule has 0 amide bonds. The van der Waals surface area contributed by atoms with Gasteiger partial charge >= 0.3 is 0 Å².